The van der Waals surface area contributed by atoms with Gasteiger partial charge in [0.2, 0.25) is 0 Å². The lowest BCUT2D eigenvalue weighted by atomic mass is 10.0. The minimum absolute atomic E-state index is 0.0166. The minimum atomic E-state index is -0.107. The van der Waals surface area contributed by atoms with Gasteiger partial charge in [-0.15, -0.1) is 0 Å². The van der Waals surface area contributed by atoms with Crippen LogP contribution in [0.25, 0.3) is 0 Å². The number of hydrogen-bond acceptors (Lipinski definition) is 4. The van der Waals surface area contributed by atoms with Crippen molar-refractivity contribution < 1.29 is 14.6 Å². The monoisotopic (exact) mass is 332 g/mol. The number of carbonyl (C=O) groups excluding carboxylic acids is 1. The lowest BCUT2D eigenvalue weighted by Gasteiger charge is -2.27. The average molecular weight is 332 g/mol. The maximum atomic E-state index is 12.8. The molecule has 2 saturated carbocycles. The Bertz CT molecular complexity index is 603. The van der Waals surface area contributed by atoms with Gasteiger partial charge in [0.05, 0.1) is 12.7 Å². The zero-order chi connectivity index (χ0) is 17.4. The van der Waals surface area contributed by atoms with Crippen LogP contribution in [0.2, 0.25) is 0 Å². The van der Waals surface area contributed by atoms with E-state index in [0.717, 1.165) is 24.7 Å². The fraction of sp³-hybridized carbons (Fsp3) is 0.632. The lowest BCUT2D eigenvalue weighted by Crippen LogP contribution is -2.36. The Balaban J connectivity index is 1.66. The molecule has 3 rings (SSSR count). The van der Waals surface area contributed by atoms with E-state index in [1.807, 2.05) is 11.9 Å². The predicted octanol–water partition coefficient (Wildman–Crippen LogP) is 2.59. The van der Waals surface area contributed by atoms with E-state index in [0.29, 0.717) is 17.4 Å². The molecule has 4 atom stereocenters. The van der Waals surface area contributed by atoms with Gasteiger partial charge in [0.15, 0.2) is 0 Å². The molecule has 0 heterocycles. The van der Waals surface area contributed by atoms with Crippen molar-refractivity contribution in [2.24, 2.45) is 11.8 Å². The number of fused-ring (bicyclic) bond motifs is 1. The smallest absolute Gasteiger partial charge is 0.257 e. The molecule has 1 aromatic carbocycles. The normalized spacial score (nSPS) is 28.9. The van der Waals surface area contributed by atoms with Crippen LogP contribution in [-0.2, 0) is 0 Å². The van der Waals surface area contributed by atoms with Crippen LogP contribution in [0.5, 0.6) is 11.5 Å². The summed E-state index contributed by atoms with van der Waals surface area (Å²) >= 11 is 0. The Morgan fingerprint density at radius 1 is 1.08 bits per heavy atom. The molecule has 132 valence electrons. The first-order chi connectivity index (χ1) is 11.4. The Morgan fingerprint density at radius 2 is 1.67 bits per heavy atom. The van der Waals surface area contributed by atoms with Gasteiger partial charge in [0.25, 0.3) is 5.91 Å². The summed E-state index contributed by atoms with van der Waals surface area (Å²) in [4.78, 5) is 16.9. The molecule has 24 heavy (non-hydrogen) atoms. The quantitative estimate of drug-likeness (QED) is 0.921. The zero-order valence-corrected chi connectivity index (χ0v) is 15.0. The maximum Gasteiger partial charge on any atom is 0.257 e. The molecule has 0 radical (unpaired) electrons. The second-order valence-electron chi connectivity index (χ2n) is 7.53. The maximum absolute atomic E-state index is 12.8. The van der Waals surface area contributed by atoms with Crippen LogP contribution in [0.4, 0.5) is 0 Å². The van der Waals surface area contributed by atoms with Gasteiger partial charge in [-0.05, 0) is 63.7 Å². The topological polar surface area (TPSA) is 53.0 Å². The Labute approximate surface area is 144 Å². The van der Waals surface area contributed by atoms with E-state index < -0.39 is 0 Å². The number of benzene rings is 1. The summed E-state index contributed by atoms with van der Waals surface area (Å²) in [6.07, 6.45) is 4.64. The summed E-state index contributed by atoms with van der Waals surface area (Å²) in [5.74, 6) is 1.88. The van der Waals surface area contributed by atoms with E-state index in [1.54, 1.807) is 19.2 Å². The molecule has 0 bridgehead atoms. The molecule has 2 aliphatic rings. The zero-order valence-electron chi connectivity index (χ0n) is 15.0. The Hall–Kier alpha value is -1.75. The number of rotatable bonds is 4. The molecule has 2 aliphatic carbocycles. The van der Waals surface area contributed by atoms with Gasteiger partial charge in [-0.2, -0.15) is 0 Å². The number of aromatic hydroxyl groups is 1. The number of phenolic OH excluding ortho intramolecular Hbond substituents is 1. The lowest BCUT2D eigenvalue weighted by molar-refractivity contribution is 0.0723. The van der Waals surface area contributed by atoms with Crippen molar-refractivity contribution >= 4 is 5.91 Å². The van der Waals surface area contributed by atoms with Gasteiger partial charge >= 0.3 is 0 Å². The minimum Gasteiger partial charge on any atom is -0.507 e. The summed E-state index contributed by atoms with van der Waals surface area (Å²) in [6.45, 7) is 0. The summed E-state index contributed by atoms with van der Waals surface area (Å²) in [7, 11) is 7.72. The van der Waals surface area contributed by atoms with Crippen molar-refractivity contribution in [3.8, 4) is 11.5 Å². The molecular weight excluding hydrogens is 304 g/mol. The number of hydrogen-bond donors (Lipinski definition) is 1. The standard InChI is InChI=1S/C19H28N2O3/c1-20(2)14-7-12-9-15(10-13(12)8-14)21(3)19(23)17-6-5-16(24-4)11-18(17)22/h5-6,11-15,22H,7-10H2,1-4H3/t12-,13+,14?,15?. The number of carbonyl (C=O) groups is 1. The molecule has 5 heteroatoms. The second kappa shape index (κ2) is 6.63. The summed E-state index contributed by atoms with van der Waals surface area (Å²) in [5, 5.41) is 10.1. The Morgan fingerprint density at radius 3 is 2.17 bits per heavy atom. The van der Waals surface area contributed by atoms with E-state index in [4.69, 9.17) is 4.74 Å². The van der Waals surface area contributed by atoms with E-state index in [-0.39, 0.29) is 17.7 Å². The van der Waals surface area contributed by atoms with Crippen LogP contribution in [-0.4, -0.2) is 61.2 Å². The fourth-order valence-corrected chi connectivity index (χ4v) is 4.47. The van der Waals surface area contributed by atoms with Crippen molar-refractivity contribution in [2.45, 2.75) is 37.8 Å². The highest BCUT2D eigenvalue weighted by atomic mass is 16.5. The number of nitrogens with zero attached hydrogens (tertiary/aromatic N) is 2. The summed E-state index contributed by atoms with van der Waals surface area (Å²) in [5.41, 5.74) is 0.349. The molecule has 2 unspecified atom stereocenters. The summed E-state index contributed by atoms with van der Waals surface area (Å²) < 4.78 is 5.08. The molecule has 1 N–H and O–H groups in total. The first-order valence-corrected chi connectivity index (χ1v) is 8.71. The largest absolute Gasteiger partial charge is 0.507 e. The van der Waals surface area contributed by atoms with Crippen molar-refractivity contribution in [1.82, 2.24) is 9.80 Å². The van der Waals surface area contributed by atoms with Crippen LogP contribution < -0.4 is 4.74 Å². The first-order valence-electron chi connectivity index (χ1n) is 8.71. The van der Waals surface area contributed by atoms with Crippen LogP contribution in [0, 0.1) is 11.8 Å². The second-order valence-corrected chi connectivity index (χ2v) is 7.53. The number of ether oxygens (including phenoxy) is 1. The van der Waals surface area contributed by atoms with Gasteiger partial charge in [-0.3, -0.25) is 4.79 Å². The number of phenols is 1. The summed E-state index contributed by atoms with van der Waals surface area (Å²) in [6, 6.07) is 5.81. The third kappa shape index (κ3) is 3.09. The molecule has 0 spiro atoms. The highest BCUT2D eigenvalue weighted by Crippen LogP contribution is 2.46. The third-order valence-electron chi connectivity index (χ3n) is 6.00. The third-order valence-corrected chi connectivity index (χ3v) is 6.00. The molecule has 5 nitrogen and oxygen atoms in total. The molecule has 0 saturated heterocycles. The van der Waals surface area contributed by atoms with Crippen molar-refractivity contribution in [3.05, 3.63) is 23.8 Å². The van der Waals surface area contributed by atoms with E-state index in [9.17, 15) is 9.90 Å². The number of amides is 1. The van der Waals surface area contributed by atoms with E-state index in [1.165, 1.54) is 18.9 Å². The van der Waals surface area contributed by atoms with Gasteiger partial charge < -0.3 is 19.6 Å². The fourth-order valence-electron chi connectivity index (χ4n) is 4.47. The molecule has 0 aromatic heterocycles. The molecule has 0 aliphatic heterocycles. The van der Waals surface area contributed by atoms with Crippen LogP contribution in [0.1, 0.15) is 36.0 Å². The van der Waals surface area contributed by atoms with Crippen LogP contribution >= 0.6 is 0 Å². The first kappa shape index (κ1) is 17.1. The number of methoxy groups -OCH3 is 1. The van der Waals surface area contributed by atoms with Crippen LogP contribution in [0.3, 0.4) is 0 Å². The van der Waals surface area contributed by atoms with Gasteiger partial charge in [-0.1, -0.05) is 0 Å². The van der Waals surface area contributed by atoms with Crippen LogP contribution in [0.15, 0.2) is 18.2 Å². The van der Waals surface area contributed by atoms with Crippen molar-refractivity contribution in [2.75, 3.05) is 28.3 Å². The van der Waals surface area contributed by atoms with Crippen molar-refractivity contribution in [3.63, 3.8) is 0 Å². The molecule has 1 aromatic rings. The van der Waals surface area contributed by atoms with Gasteiger partial charge in [-0.25, -0.2) is 0 Å². The van der Waals surface area contributed by atoms with Gasteiger partial charge in [0, 0.05) is 25.2 Å². The Kier molecular flexibility index (Phi) is 4.72. The average Bonchev–Trinajstić information content (AvgIpc) is 3.12. The highest BCUT2D eigenvalue weighted by molar-refractivity contribution is 5.97. The molecular formula is C19H28N2O3. The van der Waals surface area contributed by atoms with E-state index in [2.05, 4.69) is 19.0 Å². The van der Waals surface area contributed by atoms with Gasteiger partial charge in [0.1, 0.15) is 11.5 Å². The predicted molar refractivity (Wildman–Crippen MR) is 93.5 cm³/mol. The van der Waals surface area contributed by atoms with Crippen molar-refractivity contribution in [1.29, 1.82) is 0 Å². The van der Waals surface area contributed by atoms with E-state index >= 15 is 0 Å². The highest BCUT2D eigenvalue weighted by Gasteiger charge is 2.44. The molecule has 2 fully saturated rings. The molecule has 1 amide bonds. The SMILES string of the molecule is COc1ccc(C(=O)N(C)C2C[C@H]3CC(N(C)C)C[C@H]3C2)c(O)c1.